The minimum atomic E-state index is 0.129. The molecule has 0 bridgehead atoms. The third-order valence-corrected chi connectivity index (χ3v) is 3.69. The zero-order valence-electron chi connectivity index (χ0n) is 10.2. The second-order valence-corrected chi connectivity index (χ2v) is 6.01. The molecule has 0 amide bonds. The number of hydrogen-bond acceptors (Lipinski definition) is 2. The van der Waals surface area contributed by atoms with Gasteiger partial charge in [-0.2, -0.15) is 0 Å². The van der Waals surface area contributed by atoms with Crippen LogP contribution in [0.4, 0.5) is 0 Å². The van der Waals surface area contributed by atoms with Crippen molar-refractivity contribution in [3.63, 3.8) is 0 Å². The number of rotatable bonds is 6. The van der Waals surface area contributed by atoms with E-state index in [1.54, 1.807) is 0 Å². The van der Waals surface area contributed by atoms with Crippen molar-refractivity contribution in [1.82, 2.24) is 5.32 Å². The quantitative estimate of drug-likeness (QED) is 0.472. The molecule has 0 aliphatic carbocycles. The van der Waals surface area contributed by atoms with E-state index in [2.05, 4.69) is 50.4 Å². The maximum Gasteiger partial charge on any atom is 0.0713 e. The van der Waals surface area contributed by atoms with Crippen molar-refractivity contribution < 1.29 is 0 Å². The van der Waals surface area contributed by atoms with Crippen LogP contribution in [-0.4, -0.2) is 18.3 Å². The van der Waals surface area contributed by atoms with Gasteiger partial charge in [0, 0.05) is 16.9 Å². The molecule has 1 nitrogen and oxygen atoms in total. The Balaban J connectivity index is 2.71. The molecule has 0 heterocycles. The zero-order valence-corrected chi connectivity index (χ0v) is 11.8. The first-order valence-corrected chi connectivity index (χ1v) is 7.12. The third kappa shape index (κ3) is 4.00. The average molecular weight is 258 g/mol. The van der Waals surface area contributed by atoms with Crippen LogP contribution in [-0.2, 0) is 5.41 Å². The molecule has 3 heteroatoms. The molecule has 1 N–H and O–H groups in total. The summed E-state index contributed by atoms with van der Waals surface area (Å²) in [5, 5.41) is 3.19. The summed E-state index contributed by atoms with van der Waals surface area (Å²) in [4.78, 5) is 1.34. The van der Waals surface area contributed by atoms with Crippen LogP contribution in [0.3, 0.4) is 0 Å². The minimum Gasteiger partial charge on any atom is -0.303 e. The Morgan fingerprint density at radius 3 is 2.38 bits per heavy atom. The largest absolute Gasteiger partial charge is 0.303 e. The second kappa shape index (κ2) is 6.53. The molecule has 0 saturated carbocycles. The Morgan fingerprint density at radius 1 is 1.25 bits per heavy atom. The first-order chi connectivity index (χ1) is 7.60. The first-order valence-electron chi connectivity index (χ1n) is 5.60. The maximum absolute atomic E-state index is 5.65. The predicted octanol–water partition coefficient (Wildman–Crippen LogP) is 3.86. The summed E-state index contributed by atoms with van der Waals surface area (Å²) in [5.74, 6) is 1.12. The van der Waals surface area contributed by atoms with Gasteiger partial charge in [-0.1, -0.05) is 32.9 Å². The van der Waals surface area contributed by atoms with E-state index in [-0.39, 0.29) is 5.41 Å². The Bertz CT molecular complexity index is 308. The van der Waals surface area contributed by atoms with Crippen molar-refractivity contribution in [2.75, 3.05) is 18.3 Å². The Hall–Kier alpha value is -0.180. The van der Waals surface area contributed by atoms with Crippen molar-refractivity contribution in [1.29, 1.82) is 0 Å². The zero-order chi connectivity index (χ0) is 12.0. The second-order valence-electron chi connectivity index (χ2n) is 4.40. The van der Waals surface area contributed by atoms with Gasteiger partial charge in [0.1, 0.15) is 0 Å². The average Bonchev–Trinajstić information content (AvgIpc) is 2.28. The van der Waals surface area contributed by atoms with E-state index >= 15 is 0 Å². The molecule has 0 saturated heterocycles. The standard InChI is InChI=1S/C13H20ClNS/c1-4-16-12-7-5-11(6-8-12)13(2,3)9-15-10-14/h5-8,15H,4,9-10H2,1-3H3. The lowest BCUT2D eigenvalue weighted by molar-refractivity contribution is 0.489. The number of halogens is 1. The van der Waals surface area contributed by atoms with Crippen molar-refractivity contribution in [3.05, 3.63) is 29.8 Å². The molecule has 1 aromatic carbocycles. The first kappa shape index (κ1) is 13.9. The van der Waals surface area contributed by atoms with Crippen LogP contribution in [0.5, 0.6) is 0 Å². The van der Waals surface area contributed by atoms with E-state index < -0.39 is 0 Å². The molecule has 0 atom stereocenters. The van der Waals surface area contributed by atoms with Gasteiger partial charge in [0.15, 0.2) is 0 Å². The van der Waals surface area contributed by atoms with Crippen molar-refractivity contribution in [2.45, 2.75) is 31.1 Å². The Labute approximate surface area is 108 Å². The van der Waals surface area contributed by atoms with Gasteiger partial charge in [0.2, 0.25) is 0 Å². The SMILES string of the molecule is CCSc1ccc(C(C)(C)CNCCl)cc1. The minimum absolute atomic E-state index is 0.129. The van der Waals surface area contributed by atoms with Gasteiger partial charge in [-0.25, -0.2) is 0 Å². The normalized spacial score (nSPS) is 11.8. The number of alkyl halides is 1. The molecular weight excluding hydrogens is 238 g/mol. The monoisotopic (exact) mass is 257 g/mol. The van der Waals surface area contributed by atoms with E-state index in [4.69, 9.17) is 11.6 Å². The highest BCUT2D eigenvalue weighted by Gasteiger charge is 2.19. The highest BCUT2D eigenvalue weighted by atomic mass is 35.5. The number of nitrogens with one attached hydrogen (secondary N) is 1. The molecular formula is C13H20ClNS. The van der Waals surface area contributed by atoms with Crippen molar-refractivity contribution in [3.8, 4) is 0 Å². The van der Waals surface area contributed by atoms with E-state index in [0.717, 1.165) is 12.3 Å². The summed E-state index contributed by atoms with van der Waals surface area (Å²) in [6, 6.07) is 9.34. The van der Waals surface area contributed by atoms with E-state index in [9.17, 15) is 0 Å². The molecule has 0 aliphatic rings. The molecule has 1 aromatic rings. The molecule has 0 spiro atoms. The fraction of sp³-hybridized carbons (Fsp3) is 0.538. The van der Waals surface area contributed by atoms with Gasteiger partial charge in [-0.05, 0) is 23.4 Å². The fourth-order valence-electron chi connectivity index (χ4n) is 1.63. The summed E-state index contributed by atoms with van der Waals surface area (Å²) in [6.07, 6.45) is 0. The van der Waals surface area contributed by atoms with Gasteiger partial charge in [0.05, 0.1) is 6.00 Å². The summed E-state index contributed by atoms with van der Waals surface area (Å²) >= 11 is 7.52. The lowest BCUT2D eigenvalue weighted by Gasteiger charge is -2.25. The fourth-order valence-corrected chi connectivity index (χ4v) is 2.39. The Kier molecular flexibility index (Phi) is 5.67. The predicted molar refractivity (Wildman–Crippen MR) is 74.6 cm³/mol. The highest BCUT2D eigenvalue weighted by molar-refractivity contribution is 7.99. The van der Waals surface area contributed by atoms with Gasteiger partial charge in [-0.3, -0.25) is 0 Å². The summed E-state index contributed by atoms with van der Waals surface area (Å²) in [6.45, 7) is 7.53. The van der Waals surface area contributed by atoms with Gasteiger partial charge < -0.3 is 5.32 Å². The van der Waals surface area contributed by atoms with Crippen molar-refractivity contribution >= 4 is 23.4 Å². The number of benzene rings is 1. The maximum atomic E-state index is 5.65. The van der Waals surface area contributed by atoms with Crippen LogP contribution in [0.15, 0.2) is 29.2 Å². The van der Waals surface area contributed by atoms with Crippen LogP contribution in [0.1, 0.15) is 26.3 Å². The smallest absolute Gasteiger partial charge is 0.0713 e. The number of thioether (sulfide) groups is 1. The molecule has 0 radical (unpaired) electrons. The molecule has 90 valence electrons. The molecule has 0 fully saturated rings. The van der Waals surface area contributed by atoms with Crippen LogP contribution in [0, 0.1) is 0 Å². The van der Waals surface area contributed by atoms with E-state index in [1.165, 1.54) is 10.5 Å². The summed E-state index contributed by atoms with van der Waals surface area (Å²) in [7, 11) is 0. The number of hydrogen-bond donors (Lipinski definition) is 1. The van der Waals surface area contributed by atoms with Gasteiger partial charge in [-0.15, -0.1) is 23.4 Å². The molecule has 1 rings (SSSR count). The third-order valence-electron chi connectivity index (χ3n) is 2.61. The molecule has 0 aliphatic heterocycles. The van der Waals surface area contributed by atoms with Crippen molar-refractivity contribution in [2.24, 2.45) is 0 Å². The van der Waals surface area contributed by atoms with Gasteiger partial charge >= 0.3 is 0 Å². The van der Waals surface area contributed by atoms with Gasteiger partial charge in [0.25, 0.3) is 0 Å². The molecule has 16 heavy (non-hydrogen) atoms. The van der Waals surface area contributed by atoms with Crippen LogP contribution in [0.2, 0.25) is 0 Å². The van der Waals surface area contributed by atoms with Crippen LogP contribution in [0.25, 0.3) is 0 Å². The topological polar surface area (TPSA) is 12.0 Å². The highest BCUT2D eigenvalue weighted by Crippen LogP contribution is 2.25. The van der Waals surface area contributed by atoms with E-state index in [0.29, 0.717) is 6.00 Å². The summed E-state index contributed by atoms with van der Waals surface area (Å²) < 4.78 is 0. The molecule has 0 unspecified atom stereocenters. The lowest BCUT2D eigenvalue weighted by Crippen LogP contribution is -2.32. The Morgan fingerprint density at radius 2 is 1.88 bits per heavy atom. The molecule has 0 aromatic heterocycles. The lowest BCUT2D eigenvalue weighted by atomic mass is 9.85. The van der Waals surface area contributed by atoms with E-state index in [1.807, 2.05) is 11.8 Å². The van der Waals surface area contributed by atoms with Crippen LogP contribution >= 0.6 is 23.4 Å². The summed E-state index contributed by atoms with van der Waals surface area (Å²) in [5.41, 5.74) is 1.48. The van der Waals surface area contributed by atoms with Crippen LogP contribution < -0.4 is 5.32 Å².